The van der Waals surface area contributed by atoms with Gasteiger partial charge in [0, 0.05) is 6.54 Å². The summed E-state index contributed by atoms with van der Waals surface area (Å²) in [7, 11) is 0. The van der Waals surface area contributed by atoms with Gasteiger partial charge in [-0.05, 0) is 13.8 Å². The zero-order valence-corrected chi connectivity index (χ0v) is 5.59. The lowest BCUT2D eigenvalue weighted by atomic mass is 10.3. The standard InChI is InChI=1S/C6H9N2O/c1-3-8(5-9)6(2)4-7/h6H,3H2,1-2H3. The number of nitrogens with zero attached hydrogens (tertiary/aromatic N) is 2. The molecule has 0 heterocycles. The molecule has 0 spiro atoms. The second kappa shape index (κ2) is 3.90. The van der Waals surface area contributed by atoms with Gasteiger partial charge in [0.2, 0.25) is 0 Å². The molecule has 0 bridgehead atoms. The normalized spacial score (nSPS) is 11.7. The summed E-state index contributed by atoms with van der Waals surface area (Å²) in [5.74, 6) is 0. The third-order valence-corrected chi connectivity index (χ3v) is 1.11. The van der Waals surface area contributed by atoms with Gasteiger partial charge in [-0.2, -0.15) is 5.26 Å². The molecule has 0 rings (SSSR count). The van der Waals surface area contributed by atoms with Crippen LogP contribution in [-0.2, 0) is 4.79 Å². The zero-order chi connectivity index (χ0) is 7.28. The Morgan fingerprint density at radius 3 is 2.44 bits per heavy atom. The number of amides is 1. The molecule has 1 atom stereocenters. The minimum absolute atomic E-state index is 0.354. The maximum Gasteiger partial charge on any atom is 0.313 e. The van der Waals surface area contributed by atoms with Gasteiger partial charge in [-0.1, -0.05) is 0 Å². The van der Waals surface area contributed by atoms with Crippen LogP contribution in [0.5, 0.6) is 0 Å². The van der Waals surface area contributed by atoms with Gasteiger partial charge >= 0.3 is 6.41 Å². The van der Waals surface area contributed by atoms with E-state index in [1.807, 2.05) is 6.07 Å². The van der Waals surface area contributed by atoms with Gasteiger partial charge in [0.1, 0.15) is 6.04 Å². The van der Waals surface area contributed by atoms with Gasteiger partial charge < -0.3 is 4.90 Å². The van der Waals surface area contributed by atoms with E-state index >= 15 is 0 Å². The van der Waals surface area contributed by atoms with Crippen molar-refractivity contribution in [2.45, 2.75) is 19.9 Å². The van der Waals surface area contributed by atoms with Crippen molar-refractivity contribution in [1.29, 1.82) is 5.26 Å². The highest BCUT2D eigenvalue weighted by Gasteiger charge is 2.06. The van der Waals surface area contributed by atoms with E-state index in [0.29, 0.717) is 6.54 Å². The lowest BCUT2D eigenvalue weighted by Gasteiger charge is -2.14. The number of nitriles is 1. The third-order valence-electron chi connectivity index (χ3n) is 1.11. The number of hydrogen-bond donors (Lipinski definition) is 0. The molecule has 0 N–H and O–H groups in total. The van der Waals surface area contributed by atoms with Gasteiger partial charge in [-0.25, -0.2) is 0 Å². The van der Waals surface area contributed by atoms with Gasteiger partial charge in [0.05, 0.1) is 6.07 Å². The molecule has 3 heteroatoms. The Kier molecular flexibility index (Phi) is 3.45. The molecule has 0 saturated carbocycles. The van der Waals surface area contributed by atoms with E-state index in [9.17, 15) is 4.79 Å². The van der Waals surface area contributed by atoms with Gasteiger partial charge in [-0.3, -0.25) is 4.79 Å². The van der Waals surface area contributed by atoms with Crippen LogP contribution in [0.3, 0.4) is 0 Å². The molecular formula is C6H9N2O. The molecule has 0 aliphatic carbocycles. The SMILES string of the molecule is CCN([C]=O)C(C)C#N. The molecular weight excluding hydrogens is 116 g/mol. The van der Waals surface area contributed by atoms with Crippen molar-refractivity contribution < 1.29 is 4.79 Å². The van der Waals surface area contributed by atoms with Crippen LogP contribution in [0.4, 0.5) is 0 Å². The highest BCUT2D eigenvalue weighted by atomic mass is 16.1. The quantitative estimate of drug-likeness (QED) is 0.509. The molecule has 9 heavy (non-hydrogen) atoms. The number of carbonyl (C=O) groups excluding carboxylic acids is 1. The minimum Gasteiger partial charge on any atom is -0.319 e. The fourth-order valence-corrected chi connectivity index (χ4v) is 0.487. The monoisotopic (exact) mass is 125 g/mol. The van der Waals surface area contributed by atoms with E-state index in [4.69, 9.17) is 5.26 Å². The molecule has 0 aromatic rings. The van der Waals surface area contributed by atoms with Crippen LogP contribution in [0.15, 0.2) is 0 Å². The predicted octanol–water partition coefficient (Wildman–Crippen LogP) is 0.288. The first-order valence-corrected chi connectivity index (χ1v) is 2.80. The Morgan fingerprint density at radius 1 is 1.78 bits per heavy atom. The molecule has 1 amide bonds. The maximum atomic E-state index is 9.99. The summed E-state index contributed by atoms with van der Waals surface area (Å²) < 4.78 is 0. The average Bonchev–Trinajstić information content (AvgIpc) is 1.90. The van der Waals surface area contributed by atoms with Crippen LogP contribution in [-0.4, -0.2) is 23.9 Å². The number of rotatable bonds is 3. The van der Waals surface area contributed by atoms with Crippen molar-refractivity contribution >= 4 is 6.41 Å². The average molecular weight is 125 g/mol. The van der Waals surface area contributed by atoms with E-state index in [1.165, 1.54) is 4.90 Å². The Hall–Kier alpha value is -1.04. The lowest BCUT2D eigenvalue weighted by molar-refractivity contribution is 0.367. The summed E-state index contributed by atoms with van der Waals surface area (Å²) in [4.78, 5) is 11.3. The summed E-state index contributed by atoms with van der Waals surface area (Å²) in [5.41, 5.74) is 0. The molecule has 0 fully saturated rings. The summed E-state index contributed by atoms with van der Waals surface area (Å²) >= 11 is 0. The van der Waals surface area contributed by atoms with Gasteiger partial charge in [0.25, 0.3) is 0 Å². The van der Waals surface area contributed by atoms with Gasteiger partial charge in [0.15, 0.2) is 0 Å². The molecule has 0 aliphatic heterocycles. The largest absolute Gasteiger partial charge is 0.319 e. The van der Waals surface area contributed by atoms with E-state index in [2.05, 4.69) is 0 Å². The Balaban J connectivity index is 3.82. The molecule has 0 aromatic carbocycles. The van der Waals surface area contributed by atoms with Crippen LogP contribution < -0.4 is 0 Å². The van der Waals surface area contributed by atoms with Crippen LogP contribution in [0.25, 0.3) is 0 Å². The summed E-state index contributed by atoms with van der Waals surface area (Å²) in [5, 5.41) is 8.30. The topological polar surface area (TPSA) is 44.1 Å². The van der Waals surface area contributed by atoms with Crippen molar-refractivity contribution in [3.8, 4) is 6.07 Å². The predicted molar refractivity (Wildman–Crippen MR) is 33.1 cm³/mol. The second-order valence-electron chi connectivity index (χ2n) is 1.68. The summed E-state index contributed by atoms with van der Waals surface area (Å²) in [6.45, 7) is 4.01. The van der Waals surface area contributed by atoms with Crippen LogP contribution in [0.1, 0.15) is 13.8 Å². The molecule has 0 saturated heterocycles. The van der Waals surface area contributed by atoms with E-state index in [0.717, 1.165) is 0 Å². The molecule has 0 aromatic heterocycles. The molecule has 3 nitrogen and oxygen atoms in total. The van der Waals surface area contributed by atoms with Crippen molar-refractivity contribution in [3.05, 3.63) is 0 Å². The van der Waals surface area contributed by atoms with E-state index in [-0.39, 0.29) is 6.04 Å². The van der Waals surface area contributed by atoms with Crippen molar-refractivity contribution in [3.63, 3.8) is 0 Å². The first-order valence-electron chi connectivity index (χ1n) is 2.80. The molecule has 0 aliphatic rings. The van der Waals surface area contributed by atoms with E-state index in [1.54, 1.807) is 20.3 Å². The second-order valence-corrected chi connectivity index (χ2v) is 1.68. The molecule has 1 unspecified atom stereocenters. The van der Waals surface area contributed by atoms with Crippen LogP contribution in [0.2, 0.25) is 0 Å². The fourth-order valence-electron chi connectivity index (χ4n) is 0.487. The third kappa shape index (κ3) is 2.13. The minimum atomic E-state index is -0.354. The Bertz CT molecular complexity index is 128. The Labute approximate surface area is 54.9 Å². The molecule has 1 radical (unpaired) electrons. The summed E-state index contributed by atoms with van der Waals surface area (Å²) in [6.07, 6.45) is 1.66. The maximum absolute atomic E-state index is 9.99. The highest BCUT2D eigenvalue weighted by molar-refractivity contribution is 5.49. The smallest absolute Gasteiger partial charge is 0.313 e. The lowest BCUT2D eigenvalue weighted by Crippen LogP contribution is -2.29. The highest BCUT2D eigenvalue weighted by Crippen LogP contribution is 1.90. The first-order chi connectivity index (χ1) is 4.26. The zero-order valence-electron chi connectivity index (χ0n) is 5.59. The van der Waals surface area contributed by atoms with Crippen LogP contribution in [0, 0.1) is 11.3 Å². The van der Waals surface area contributed by atoms with Crippen molar-refractivity contribution in [2.75, 3.05) is 6.54 Å². The summed E-state index contributed by atoms with van der Waals surface area (Å²) in [6, 6.07) is 1.58. The van der Waals surface area contributed by atoms with E-state index < -0.39 is 0 Å². The van der Waals surface area contributed by atoms with Gasteiger partial charge in [-0.15, -0.1) is 0 Å². The number of hydrogen-bond acceptors (Lipinski definition) is 2. The first kappa shape index (κ1) is 7.96. The molecule has 49 valence electrons. The Morgan fingerprint density at radius 2 is 2.33 bits per heavy atom. The van der Waals surface area contributed by atoms with Crippen molar-refractivity contribution in [1.82, 2.24) is 4.90 Å². The van der Waals surface area contributed by atoms with Crippen molar-refractivity contribution in [2.24, 2.45) is 0 Å². The van der Waals surface area contributed by atoms with Crippen LogP contribution >= 0.6 is 0 Å². The fraction of sp³-hybridized carbons (Fsp3) is 0.667.